The predicted molar refractivity (Wildman–Crippen MR) is 68.7 cm³/mol. The molecule has 1 aromatic rings. The SMILES string of the molecule is COC(C)(C)C(=O)N(C)Cc1ccc(C)cc1. The molecule has 0 atom stereocenters. The van der Waals surface area contributed by atoms with Gasteiger partial charge in [-0.1, -0.05) is 29.8 Å². The van der Waals surface area contributed by atoms with E-state index in [2.05, 4.69) is 12.1 Å². The maximum Gasteiger partial charge on any atom is 0.254 e. The lowest BCUT2D eigenvalue weighted by atomic mass is 10.1. The molecule has 0 radical (unpaired) electrons. The number of rotatable bonds is 4. The van der Waals surface area contributed by atoms with Crippen LogP contribution in [0.5, 0.6) is 0 Å². The summed E-state index contributed by atoms with van der Waals surface area (Å²) in [4.78, 5) is 13.8. The van der Waals surface area contributed by atoms with E-state index in [9.17, 15) is 4.79 Å². The molecule has 0 saturated heterocycles. The van der Waals surface area contributed by atoms with Gasteiger partial charge in [0.2, 0.25) is 0 Å². The monoisotopic (exact) mass is 235 g/mol. The van der Waals surface area contributed by atoms with Crippen LogP contribution < -0.4 is 0 Å². The van der Waals surface area contributed by atoms with Gasteiger partial charge in [-0.3, -0.25) is 4.79 Å². The van der Waals surface area contributed by atoms with Crippen molar-refractivity contribution < 1.29 is 9.53 Å². The molecule has 0 fully saturated rings. The van der Waals surface area contributed by atoms with Gasteiger partial charge in [0.05, 0.1) is 0 Å². The molecule has 94 valence electrons. The maximum atomic E-state index is 12.1. The number of ether oxygens (including phenoxy) is 1. The zero-order valence-electron chi connectivity index (χ0n) is 11.3. The van der Waals surface area contributed by atoms with Crippen molar-refractivity contribution in [3.63, 3.8) is 0 Å². The topological polar surface area (TPSA) is 29.5 Å². The number of methoxy groups -OCH3 is 1. The molecule has 1 aromatic carbocycles. The number of carbonyl (C=O) groups is 1. The number of hydrogen-bond donors (Lipinski definition) is 0. The Kier molecular flexibility index (Phi) is 4.29. The van der Waals surface area contributed by atoms with Crippen LogP contribution in [-0.2, 0) is 16.1 Å². The summed E-state index contributed by atoms with van der Waals surface area (Å²) < 4.78 is 5.19. The number of amides is 1. The molecule has 0 aliphatic heterocycles. The van der Waals surface area contributed by atoms with Gasteiger partial charge in [-0.25, -0.2) is 0 Å². The zero-order chi connectivity index (χ0) is 13.1. The third-order valence-electron chi connectivity index (χ3n) is 2.91. The van der Waals surface area contributed by atoms with E-state index < -0.39 is 5.60 Å². The largest absolute Gasteiger partial charge is 0.369 e. The van der Waals surface area contributed by atoms with Gasteiger partial charge in [0.1, 0.15) is 5.60 Å². The van der Waals surface area contributed by atoms with Crippen molar-refractivity contribution in [1.29, 1.82) is 0 Å². The zero-order valence-corrected chi connectivity index (χ0v) is 11.3. The van der Waals surface area contributed by atoms with Crippen LogP contribution in [0.3, 0.4) is 0 Å². The lowest BCUT2D eigenvalue weighted by molar-refractivity contribution is -0.150. The summed E-state index contributed by atoms with van der Waals surface area (Å²) in [7, 11) is 3.35. The lowest BCUT2D eigenvalue weighted by Gasteiger charge is -2.28. The average molecular weight is 235 g/mol. The molecule has 3 nitrogen and oxygen atoms in total. The van der Waals surface area contributed by atoms with E-state index in [4.69, 9.17) is 4.74 Å². The molecule has 1 rings (SSSR count). The minimum Gasteiger partial charge on any atom is -0.369 e. The maximum absolute atomic E-state index is 12.1. The van der Waals surface area contributed by atoms with Crippen LogP contribution >= 0.6 is 0 Å². The van der Waals surface area contributed by atoms with E-state index >= 15 is 0 Å². The third kappa shape index (κ3) is 3.56. The Morgan fingerprint density at radius 1 is 1.29 bits per heavy atom. The summed E-state index contributed by atoms with van der Waals surface area (Å²) in [5.41, 5.74) is 1.58. The van der Waals surface area contributed by atoms with Gasteiger partial charge >= 0.3 is 0 Å². The smallest absolute Gasteiger partial charge is 0.254 e. The molecule has 0 unspecified atom stereocenters. The second-order valence-electron chi connectivity index (χ2n) is 4.86. The van der Waals surface area contributed by atoms with Crippen LogP contribution in [0.15, 0.2) is 24.3 Å². The predicted octanol–water partition coefficient (Wildman–Crippen LogP) is 2.38. The summed E-state index contributed by atoms with van der Waals surface area (Å²) in [6.07, 6.45) is 0. The van der Waals surface area contributed by atoms with Gasteiger partial charge in [-0.15, -0.1) is 0 Å². The second-order valence-corrected chi connectivity index (χ2v) is 4.86. The molecule has 0 aliphatic carbocycles. The number of hydrogen-bond acceptors (Lipinski definition) is 2. The highest BCUT2D eigenvalue weighted by molar-refractivity contribution is 5.84. The van der Waals surface area contributed by atoms with Crippen LogP contribution in [0.4, 0.5) is 0 Å². The average Bonchev–Trinajstić information content (AvgIpc) is 2.31. The van der Waals surface area contributed by atoms with E-state index in [0.29, 0.717) is 6.54 Å². The molecule has 1 amide bonds. The molecule has 0 bridgehead atoms. The van der Waals surface area contributed by atoms with E-state index in [0.717, 1.165) is 5.56 Å². The highest BCUT2D eigenvalue weighted by atomic mass is 16.5. The van der Waals surface area contributed by atoms with Gasteiger partial charge < -0.3 is 9.64 Å². The highest BCUT2D eigenvalue weighted by Crippen LogP contribution is 2.14. The van der Waals surface area contributed by atoms with Crippen molar-refractivity contribution in [3.8, 4) is 0 Å². The molecular weight excluding hydrogens is 214 g/mol. The van der Waals surface area contributed by atoms with Crippen molar-refractivity contribution in [3.05, 3.63) is 35.4 Å². The minimum atomic E-state index is -0.764. The summed E-state index contributed by atoms with van der Waals surface area (Å²) in [6.45, 7) is 6.21. The fourth-order valence-corrected chi connectivity index (χ4v) is 1.59. The van der Waals surface area contributed by atoms with Gasteiger partial charge in [-0.05, 0) is 26.3 Å². The first-order chi connectivity index (χ1) is 7.86. The van der Waals surface area contributed by atoms with Crippen molar-refractivity contribution in [2.45, 2.75) is 32.9 Å². The van der Waals surface area contributed by atoms with Gasteiger partial charge in [-0.2, -0.15) is 0 Å². The molecule has 0 aromatic heterocycles. The summed E-state index contributed by atoms with van der Waals surface area (Å²) >= 11 is 0. The molecule has 0 aliphatic rings. The van der Waals surface area contributed by atoms with E-state index in [1.807, 2.05) is 19.1 Å². The van der Waals surface area contributed by atoms with Crippen LogP contribution in [0, 0.1) is 6.92 Å². The summed E-state index contributed by atoms with van der Waals surface area (Å²) in [5, 5.41) is 0. The van der Waals surface area contributed by atoms with E-state index in [1.165, 1.54) is 5.56 Å². The van der Waals surface area contributed by atoms with Crippen LogP contribution in [0.2, 0.25) is 0 Å². The Labute approximate surface area is 103 Å². The summed E-state index contributed by atoms with van der Waals surface area (Å²) in [6, 6.07) is 8.18. The Morgan fingerprint density at radius 2 is 1.82 bits per heavy atom. The molecule has 3 heteroatoms. The Morgan fingerprint density at radius 3 is 2.29 bits per heavy atom. The Balaban J connectivity index is 2.69. The summed E-state index contributed by atoms with van der Waals surface area (Å²) in [5.74, 6) is -0.0134. The molecule has 0 N–H and O–H groups in total. The molecular formula is C14H21NO2. The number of nitrogens with zero attached hydrogens (tertiary/aromatic N) is 1. The van der Waals surface area contributed by atoms with Crippen LogP contribution in [0.25, 0.3) is 0 Å². The normalized spacial score (nSPS) is 11.4. The Hall–Kier alpha value is -1.35. The van der Waals surface area contributed by atoms with Gasteiger partial charge in [0, 0.05) is 20.7 Å². The van der Waals surface area contributed by atoms with Crippen molar-refractivity contribution in [1.82, 2.24) is 4.90 Å². The third-order valence-corrected chi connectivity index (χ3v) is 2.91. The number of aryl methyl sites for hydroxylation is 1. The molecule has 0 heterocycles. The molecule has 0 saturated carbocycles. The first-order valence-electron chi connectivity index (χ1n) is 5.73. The van der Waals surface area contributed by atoms with Gasteiger partial charge in [0.15, 0.2) is 0 Å². The molecule has 17 heavy (non-hydrogen) atoms. The number of likely N-dealkylation sites (N-methyl/N-ethyl adjacent to an activating group) is 1. The second kappa shape index (κ2) is 5.32. The van der Waals surface area contributed by atoms with E-state index in [1.54, 1.807) is 32.9 Å². The highest BCUT2D eigenvalue weighted by Gasteiger charge is 2.29. The standard InChI is InChI=1S/C14H21NO2/c1-11-6-8-12(9-7-11)10-15(4)13(16)14(2,3)17-5/h6-9H,10H2,1-5H3. The first kappa shape index (κ1) is 13.7. The van der Waals surface area contributed by atoms with Gasteiger partial charge in [0.25, 0.3) is 5.91 Å². The van der Waals surface area contributed by atoms with Crippen LogP contribution in [0.1, 0.15) is 25.0 Å². The lowest BCUT2D eigenvalue weighted by Crippen LogP contribution is -2.44. The van der Waals surface area contributed by atoms with Crippen molar-refractivity contribution >= 4 is 5.91 Å². The van der Waals surface area contributed by atoms with E-state index in [-0.39, 0.29) is 5.91 Å². The number of carbonyl (C=O) groups excluding carboxylic acids is 1. The Bertz CT molecular complexity index is 382. The number of benzene rings is 1. The molecule has 0 spiro atoms. The van der Waals surface area contributed by atoms with Crippen molar-refractivity contribution in [2.75, 3.05) is 14.2 Å². The minimum absolute atomic E-state index is 0.0134. The van der Waals surface area contributed by atoms with Crippen LogP contribution in [-0.4, -0.2) is 30.6 Å². The fourth-order valence-electron chi connectivity index (χ4n) is 1.59. The quantitative estimate of drug-likeness (QED) is 0.802. The van der Waals surface area contributed by atoms with Crippen molar-refractivity contribution in [2.24, 2.45) is 0 Å². The fraction of sp³-hybridized carbons (Fsp3) is 0.500. The first-order valence-corrected chi connectivity index (χ1v) is 5.73.